The first-order valence-electron chi connectivity index (χ1n) is 8.77. The summed E-state index contributed by atoms with van der Waals surface area (Å²) in [6, 6.07) is 11.5. The van der Waals surface area contributed by atoms with Crippen LogP contribution in [0, 0.1) is 11.3 Å². The SMILES string of the molecule is COc1ccc(CCNC(=O)/C(C#N)=C/C=C/c2cc(O)cc(O)c2)cc1OC. The summed E-state index contributed by atoms with van der Waals surface area (Å²) < 4.78 is 10.4. The smallest absolute Gasteiger partial charge is 0.261 e. The molecule has 0 spiro atoms. The first kappa shape index (κ1) is 21.4. The van der Waals surface area contributed by atoms with Crippen LogP contribution in [0.25, 0.3) is 6.08 Å². The fourth-order valence-corrected chi connectivity index (χ4v) is 2.59. The van der Waals surface area contributed by atoms with Crippen molar-refractivity contribution in [3.05, 3.63) is 65.3 Å². The van der Waals surface area contributed by atoms with Crippen molar-refractivity contribution in [3.63, 3.8) is 0 Å². The fraction of sp³-hybridized carbons (Fsp3) is 0.182. The lowest BCUT2D eigenvalue weighted by molar-refractivity contribution is -0.117. The summed E-state index contributed by atoms with van der Waals surface area (Å²) >= 11 is 0. The van der Waals surface area contributed by atoms with E-state index in [1.54, 1.807) is 26.4 Å². The highest BCUT2D eigenvalue weighted by molar-refractivity contribution is 5.97. The largest absolute Gasteiger partial charge is 0.508 e. The molecule has 1 amide bonds. The average Bonchev–Trinajstić information content (AvgIpc) is 2.70. The number of hydrogen-bond donors (Lipinski definition) is 3. The molecule has 0 aliphatic rings. The number of rotatable bonds is 8. The molecule has 0 aliphatic heterocycles. The number of carbonyl (C=O) groups excluding carboxylic acids is 1. The van der Waals surface area contributed by atoms with Gasteiger partial charge in [0.05, 0.1) is 14.2 Å². The second-order valence-electron chi connectivity index (χ2n) is 6.03. The number of phenolic OH excluding ortho intramolecular Hbond substituents is 2. The molecule has 0 bridgehead atoms. The molecule has 150 valence electrons. The van der Waals surface area contributed by atoms with E-state index in [9.17, 15) is 20.3 Å². The normalized spacial score (nSPS) is 11.1. The molecule has 0 heterocycles. The third-order valence-electron chi connectivity index (χ3n) is 3.99. The van der Waals surface area contributed by atoms with Crippen molar-refractivity contribution in [1.29, 1.82) is 5.26 Å². The van der Waals surface area contributed by atoms with Crippen molar-refractivity contribution in [2.45, 2.75) is 6.42 Å². The summed E-state index contributed by atoms with van der Waals surface area (Å²) in [5.41, 5.74) is 1.43. The molecule has 0 aromatic heterocycles. The standard InChI is InChI=1S/C22H22N2O5/c1-28-20-7-6-15(12-21(20)29-2)8-9-24-22(27)17(14-23)5-3-4-16-10-18(25)13-19(26)11-16/h3-7,10-13,25-26H,8-9H2,1-2H3,(H,24,27)/b4-3+,17-5+. The Hall–Kier alpha value is -3.92. The Balaban J connectivity index is 1.95. The number of nitrogens with zero attached hydrogens (tertiary/aromatic N) is 1. The van der Waals surface area contributed by atoms with Crippen LogP contribution >= 0.6 is 0 Å². The molecule has 3 N–H and O–H groups in total. The zero-order chi connectivity index (χ0) is 21.2. The predicted molar refractivity (Wildman–Crippen MR) is 109 cm³/mol. The van der Waals surface area contributed by atoms with E-state index in [0.717, 1.165) is 5.56 Å². The quantitative estimate of drug-likeness (QED) is 0.361. The Morgan fingerprint density at radius 1 is 1.10 bits per heavy atom. The predicted octanol–water partition coefficient (Wildman–Crippen LogP) is 2.94. The zero-order valence-electron chi connectivity index (χ0n) is 16.2. The van der Waals surface area contributed by atoms with Crippen LogP contribution in [0.4, 0.5) is 0 Å². The lowest BCUT2D eigenvalue weighted by Crippen LogP contribution is -2.26. The third kappa shape index (κ3) is 6.33. The summed E-state index contributed by atoms with van der Waals surface area (Å²) in [6.07, 6.45) is 4.99. The average molecular weight is 394 g/mol. The van der Waals surface area contributed by atoms with Crippen molar-refractivity contribution >= 4 is 12.0 Å². The van der Waals surface area contributed by atoms with Gasteiger partial charge in [0.15, 0.2) is 11.5 Å². The van der Waals surface area contributed by atoms with E-state index in [4.69, 9.17) is 9.47 Å². The van der Waals surface area contributed by atoms with E-state index in [1.165, 1.54) is 30.4 Å². The minimum Gasteiger partial charge on any atom is -0.508 e. The molecule has 2 aromatic rings. The molecule has 0 saturated carbocycles. The Kier molecular flexibility index (Phi) is 7.68. The van der Waals surface area contributed by atoms with Crippen LogP contribution in [0.2, 0.25) is 0 Å². The number of allylic oxidation sites excluding steroid dienone is 2. The second-order valence-corrected chi connectivity index (χ2v) is 6.03. The van der Waals surface area contributed by atoms with Gasteiger partial charge in [-0.3, -0.25) is 4.79 Å². The number of hydrogen-bond acceptors (Lipinski definition) is 6. The Morgan fingerprint density at radius 3 is 2.41 bits per heavy atom. The van der Waals surface area contributed by atoms with Crippen molar-refractivity contribution in [2.75, 3.05) is 20.8 Å². The molecule has 0 atom stereocenters. The van der Waals surface area contributed by atoms with Crippen LogP contribution < -0.4 is 14.8 Å². The molecule has 0 aliphatic carbocycles. The summed E-state index contributed by atoms with van der Waals surface area (Å²) in [5, 5.41) is 30.8. The van der Waals surface area contributed by atoms with Crippen LogP contribution in [0.5, 0.6) is 23.0 Å². The number of carbonyl (C=O) groups is 1. The maximum absolute atomic E-state index is 12.2. The van der Waals surface area contributed by atoms with Gasteiger partial charge in [0.2, 0.25) is 0 Å². The van der Waals surface area contributed by atoms with Crippen LogP contribution in [0.3, 0.4) is 0 Å². The van der Waals surface area contributed by atoms with Gasteiger partial charge in [0.1, 0.15) is 23.1 Å². The first-order valence-corrected chi connectivity index (χ1v) is 8.77. The zero-order valence-corrected chi connectivity index (χ0v) is 16.2. The van der Waals surface area contributed by atoms with Gasteiger partial charge in [-0.25, -0.2) is 0 Å². The number of nitriles is 1. The molecule has 2 aromatic carbocycles. The molecule has 0 radical (unpaired) electrons. The minimum absolute atomic E-state index is 0.0575. The van der Waals surface area contributed by atoms with Crippen LogP contribution in [0.15, 0.2) is 54.1 Å². The molecule has 29 heavy (non-hydrogen) atoms. The van der Waals surface area contributed by atoms with Crippen LogP contribution in [-0.2, 0) is 11.2 Å². The molecular formula is C22H22N2O5. The van der Waals surface area contributed by atoms with E-state index in [-0.39, 0.29) is 17.1 Å². The molecular weight excluding hydrogens is 372 g/mol. The maximum atomic E-state index is 12.2. The van der Waals surface area contributed by atoms with Gasteiger partial charge in [-0.1, -0.05) is 18.2 Å². The number of phenols is 2. The molecule has 0 unspecified atom stereocenters. The van der Waals surface area contributed by atoms with Gasteiger partial charge in [-0.2, -0.15) is 5.26 Å². The topological polar surface area (TPSA) is 112 Å². The first-order chi connectivity index (χ1) is 14.0. The highest BCUT2D eigenvalue weighted by Gasteiger charge is 2.08. The van der Waals surface area contributed by atoms with Gasteiger partial charge in [-0.15, -0.1) is 0 Å². The van der Waals surface area contributed by atoms with E-state index < -0.39 is 5.91 Å². The monoisotopic (exact) mass is 394 g/mol. The Morgan fingerprint density at radius 2 is 1.79 bits per heavy atom. The number of amides is 1. The van der Waals surface area contributed by atoms with E-state index in [2.05, 4.69) is 5.32 Å². The molecule has 0 fully saturated rings. The van der Waals surface area contributed by atoms with E-state index >= 15 is 0 Å². The molecule has 7 nitrogen and oxygen atoms in total. The lowest BCUT2D eigenvalue weighted by Gasteiger charge is -2.10. The van der Waals surface area contributed by atoms with Crippen molar-refractivity contribution < 1.29 is 24.5 Å². The van der Waals surface area contributed by atoms with E-state index in [0.29, 0.717) is 30.0 Å². The minimum atomic E-state index is -0.489. The number of benzene rings is 2. The molecule has 0 saturated heterocycles. The summed E-state index contributed by atoms with van der Waals surface area (Å²) in [5.74, 6) is 0.583. The van der Waals surface area contributed by atoms with Gasteiger partial charge in [0.25, 0.3) is 5.91 Å². The van der Waals surface area contributed by atoms with Crippen molar-refractivity contribution in [1.82, 2.24) is 5.32 Å². The lowest BCUT2D eigenvalue weighted by atomic mass is 10.1. The maximum Gasteiger partial charge on any atom is 0.261 e. The van der Waals surface area contributed by atoms with Gasteiger partial charge >= 0.3 is 0 Å². The fourth-order valence-electron chi connectivity index (χ4n) is 2.59. The summed E-state index contributed by atoms with van der Waals surface area (Å²) in [6.45, 7) is 0.345. The molecule has 7 heteroatoms. The summed E-state index contributed by atoms with van der Waals surface area (Å²) in [7, 11) is 3.12. The number of aromatic hydroxyl groups is 2. The van der Waals surface area contributed by atoms with Crippen LogP contribution in [-0.4, -0.2) is 36.9 Å². The highest BCUT2D eigenvalue weighted by Crippen LogP contribution is 2.27. The van der Waals surface area contributed by atoms with Crippen molar-refractivity contribution in [3.8, 4) is 29.1 Å². The second kappa shape index (κ2) is 10.4. The number of ether oxygens (including phenoxy) is 2. The molecule has 2 rings (SSSR count). The highest BCUT2D eigenvalue weighted by atomic mass is 16.5. The summed E-state index contributed by atoms with van der Waals surface area (Å²) in [4.78, 5) is 12.2. The van der Waals surface area contributed by atoms with Crippen LogP contribution in [0.1, 0.15) is 11.1 Å². The van der Waals surface area contributed by atoms with Gasteiger partial charge in [-0.05, 0) is 47.9 Å². The van der Waals surface area contributed by atoms with E-state index in [1.807, 2.05) is 18.2 Å². The Labute approximate surface area is 169 Å². The van der Waals surface area contributed by atoms with Crippen molar-refractivity contribution in [2.24, 2.45) is 0 Å². The Bertz CT molecular complexity index is 953. The van der Waals surface area contributed by atoms with Gasteiger partial charge in [0, 0.05) is 12.6 Å². The van der Waals surface area contributed by atoms with Gasteiger partial charge < -0.3 is 25.0 Å². The third-order valence-corrected chi connectivity index (χ3v) is 3.99. The number of nitrogens with one attached hydrogen (secondary N) is 1. The number of methoxy groups -OCH3 is 2.